The number of carbonyl (C=O) groups is 1. The third kappa shape index (κ3) is 3.68. The molecule has 0 radical (unpaired) electrons. The third-order valence-corrected chi connectivity index (χ3v) is 3.12. The second-order valence-corrected chi connectivity index (χ2v) is 5.34. The lowest BCUT2D eigenvalue weighted by atomic mass is 9.96. The molecule has 5 nitrogen and oxygen atoms in total. The molecule has 3 N–H and O–H groups in total. The van der Waals surface area contributed by atoms with Crippen LogP contribution in [0.2, 0.25) is 0 Å². The summed E-state index contributed by atoms with van der Waals surface area (Å²) in [6.07, 6.45) is -4.75. The highest BCUT2D eigenvalue weighted by atomic mass is 19.4. The van der Waals surface area contributed by atoms with Crippen LogP contribution in [0.25, 0.3) is 0 Å². The van der Waals surface area contributed by atoms with Crippen molar-refractivity contribution in [2.24, 2.45) is 0 Å². The summed E-state index contributed by atoms with van der Waals surface area (Å²) in [5.41, 5.74) is -3.79. The lowest BCUT2D eigenvalue weighted by molar-refractivity contribution is -0.142. The molecular weight excluding hydrogens is 301 g/mol. The maximum atomic E-state index is 13.1. The molecule has 1 unspecified atom stereocenters. The predicted molar refractivity (Wildman–Crippen MR) is 72.2 cm³/mol. The molecule has 120 valence electrons. The fourth-order valence-corrected chi connectivity index (χ4v) is 2.02. The average Bonchev–Trinajstić information content (AvgIpc) is 2.33. The molecule has 0 saturated carbocycles. The first-order valence-corrected chi connectivity index (χ1v) is 6.22. The minimum Gasteiger partial charge on any atom is -0.480 e. The zero-order valence-electron chi connectivity index (χ0n) is 12.1. The number of anilines is 1. The van der Waals surface area contributed by atoms with Gasteiger partial charge in [0.2, 0.25) is 0 Å². The second kappa shape index (κ2) is 5.85. The topological polar surface area (TPSA) is 93.3 Å². The molecule has 1 rings (SSSR count). The smallest absolute Gasteiger partial charge is 0.418 e. The van der Waals surface area contributed by atoms with Crippen LogP contribution in [0.1, 0.15) is 30.5 Å². The summed E-state index contributed by atoms with van der Waals surface area (Å²) in [5.74, 6) is -1.41. The van der Waals surface area contributed by atoms with Gasteiger partial charge < -0.3 is 15.5 Å². The van der Waals surface area contributed by atoms with E-state index in [4.69, 9.17) is 10.4 Å². The standard InChI is InChI=1S/C14H15F3N2O3/c1-7-9(19-11(12(20)21)13(2,3)22)5-4-8(6-18)10(7)14(15,16)17/h4-5,11,19,22H,1-3H3,(H,20,21). The summed E-state index contributed by atoms with van der Waals surface area (Å²) < 4.78 is 39.2. The van der Waals surface area contributed by atoms with Crippen LogP contribution in [0.3, 0.4) is 0 Å². The molecule has 0 aliphatic carbocycles. The van der Waals surface area contributed by atoms with Crippen LogP contribution in [0.5, 0.6) is 0 Å². The summed E-state index contributed by atoms with van der Waals surface area (Å²) in [4.78, 5) is 11.2. The molecule has 0 fully saturated rings. The first kappa shape index (κ1) is 17.8. The lowest BCUT2D eigenvalue weighted by Crippen LogP contribution is -2.47. The van der Waals surface area contributed by atoms with Gasteiger partial charge in [-0.05, 0) is 38.5 Å². The molecule has 0 bridgehead atoms. The molecule has 8 heteroatoms. The van der Waals surface area contributed by atoms with E-state index in [2.05, 4.69) is 5.32 Å². The van der Waals surface area contributed by atoms with Crippen molar-refractivity contribution >= 4 is 11.7 Å². The van der Waals surface area contributed by atoms with Crippen LogP contribution in [0.15, 0.2) is 12.1 Å². The van der Waals surface area contributed by atoms with Gasteiger partial charge in [0.1, 0.15) is 0 Å². The van der Waals surface area contributed by atoms with Gasteiger partial charge >= 0.3 is 12.1 Å². The number of alkyl halides is 3. The first-order valence-electron chi connectivity index (χ1n) is 6.22. The molecule has 22 heavy (non-hydrogen) atoms. The van der Waals surface area contributed by atoms with E-state index in [9.17, 15) is 23.1 Å². The number of rotatable bonds is 4. The highest BCUT2D eigenvalue weighted by Crippen LogP contribution is 2.37. The molecule has 0 amide bonds. The lowest BCUT2D eigenvalue weighted by Gasteiger charge is -2.28. The van der Waals surface area contributed by atoms with E-state index in [1.54, 1.807) is 0 Å². The van der Waals surface area contributed by atoms with Gasteiger partial charge in [-0.25, -0.2) is 4.79 Å². The van der Waals surface area contributed by atoms with Gasteiger partial charge in [-0.2, -0.15) is 18.4 Å². The van der Waals surface area contributed by atoms with Crippen molar-refractivity contribution in [1.29, 1.82) is 5.26 Å². The number of hydrogen-bond donors (Lipinski definition) is 3. The van der Waals surface area contributed by atoms with Crippen LogP contribution in [0.4, 0.5) is 18.9 Å². The third-order valence-electron chi connectivity index (χ3n) is 3.12. The van der Waals surface area contributed by atoms with Gasteiger partial charge in [0.25, 0.3) is 0 Å². The highest BCUT2D eigenvalue weighted by molar-refractivity contribution is 5.79. The molecular formula is C14H15F3N2O3. The fourth-order valence-electron chi connectivity index (χ4n) is 2.02. The summed E-state index contributed by atoms with van der Waals surface area (Å²) in [6, 6.07) is 2.09. The van der Waals surface area contributed by atoms with Crippen LogP contribution < -0.4 is 5.32 Å². The number of carboxylic acid groups (broad SMARTS) is 1. The monoisotopic (exact) mass is 316 g/mol. The molecule has 0 aliphatic rings. The number of hydrogen-bond acceptors (Lipinski definition) is 4. The van der Waals surface area contributed by atoms with Crippen molar-refractivity contribution in [3.05, 3.63) is 28.8 Å². The first-order chi connectivity index (χ1) is 9.89. The number of carboxylic acids is 1. The molecule has 0 heterocycles. The van der Waals surface area contributed by atoms with Gasteiger partial charge in [0.05, 0.1) is 22.8 Å². The van der Waals surface area contributed by atoms with Crippen molar-refractivity contribution < 1.29 is 28.2 Å². The highest BCUT2D eigenvalue weighted by Gasteiger charge is 2.38. The Morgan fingerprint density at radius 2 is 1.91 bits per heavy atom. The molecule has 0 aromatic heterocycles. The molecule has 1 aromatic rings. The normalized spacial score (nSPS) is 13.4. The van der Waals surface area contributed by atoms with E-state index in [1.807, 2.05) is 0 Å². The summed E-state index contributed by atoms with van der Waals surface area (Å²) >= 11 is 0. The average molecular weight is 316 g/mol. The Hall–Kier alpha value is -2.27. The van der Waals surface area contributed by atoms with E-state index in [0.717, 1.165) is 13.0 Å². The maximum Gasteiger partial charge on any atom is 0.418 e. The second-order valence-electron chi connectivity index (χ2n) is 5.34. The number of nitrogens with one attached hydrogen (secondary N) is 1. The van der Waals surface area contributed by atoms with Crippen LogP contribution in [0, 0.1) is 18.3 Å². The minimum absolute atomic E-state index is 0.110. The molecule has 1 atom stereocenters. The van der Waals surface area contributed by atoms with E-state index >= 15 is 0 Å². The van der Waals surface area contributed by atoms with Crippen LogP contribution in [-0.2, 0) is 11.0 Å². The van der Waals surface area contributed by atoms with Crippen molar-refractivity contribution in [2.45, 2.75) is 38.6 Å². The Balaban J connectivity index is 3.40. The number of nitrogens with zero attached hydrogens (tertiary/aromatic N) is 1. The number of aliphatic carboxylic acids is 1. The molecule has 0 saturated heterocycles. The zero-order valence-corrected chi connectivity index (χ0v) is 12.1. The Labute approximate surface area is 125 Å². The number of aliphatic hydroxyl groups is 1. The molecule has 0 aliphatic heterocycles. The summed E-state index contributed by atoms with van der Waals surface area (Å²) in [6.45, 7) is 3.58. The predicted octanol–water partition coefficient (Wildman–Crippen LogP) is 2.52. The zero-order chi connectivity index (χ0) is 17.3. The summed E-state index contributed by atoms with van der Waals surface area (Å²) in [7, 11) is 0. The summed E-state index contributed by atoms with van der Waals surface area (Å²) in [5, 5.41) is 30.1. The van der Waals surface area contributed by atoms with Crippen LogP contribution in [-0.4, -0.2) is 27.8 Å². The van der Waals surface area contributed by atoms with Gasteiger partial charge in [-0.1, -0.05) is 0 Å². The van der Waals surface area contributed by atoms with Gasteiger partial charge in [0, 0.05) is 5.69 Å². The number of benzene rings is 1. The van der Waals surface area contributed by atoms with E-state index < -0.39 is 34.9 Å². The minimum atomic E-state index is -4.75. The Morgan fingerprint density at radius 1 is 1.36 bits per heavy atom. The molecule has 0 spiro atoms. The SMILES string of the molecule is Cc1c(NC(C(=O)O)C(C)(C)O)ccc(C#N)c1C(F)(F)F. The van der Waals surface area contributed by atoms with E-state index in [1.165, 1.54) is 26.0 Å². The van der Waals surface area contributed by atoms with Gasteiger partial charge in [-0.15, -0.1) is 0 Å². The van der Waals surface area contributed by atoms with Gasteiger partial charge in [-0.3, -0.25) is 0 Å². The number of halogens is 3. The van der Waals surface area contributed by atoms with Crippen LogP contribution >= 0.6 is 0 Å². The van der Waals surface area contributed by atoms with Crippen molar-refractivity contribution in [3.8, 4) is 6.07 Å². The Morgan fingerprint density at radius 3 is 2.27 bits per heavy atom. The molecule has 1 aromatic carbocycles. The Kier molecular flexibility index (Phi) is 4.73. The Bertz CT molecular complexity index is 628. The fraction of sp³-hybridized carbons (Fsp3) is 0.429. The van der Waals surface area contributed by atoms with Gasteiger partial charge in [0.15, 0.2) is 6.04 Å². The largest absolute Gasteiger partial charge is 0.480 e. The quantitative estimate of drug-likeness (QED) is 0.793. The van der Waals surface area contributed by atoms with Crippen molar-refractivity contribution in [3.63, 3.8) is 0 Å². The van der Waals surface area contributed by atoms with Crippen molar-refractivity contribution in [2.75, 3.05) is 5.32 Å². The van der Waals surface area contributed by atoms with E-state index in [-0.39, 0.29) is 11.3 Å². The van der Waals surface area contributed by atoms with E-state index in [0.29, 0.717) is 0 Å². The number of nitriles is 1. The maximum absolute atomic E-state index is 13.1. The van der Waals surface area contributed by atoms with Crippen molar-refractivity contribution in [1.82, 2.24) is 0 Å².